The van der Waals surface area contributed by atoms with Crippen molar-refractivity contribution in [1.82, 2.24) is 0 Å². The van der Waals surface area contributed by atoms with Crippen LogP contribution in [0, 0.1) is 5.92 Å². The Kier molecular flexibility index (Phi) is 5.88. The topological polar surface area (TPSA) is 76.4 Å². The van der Waals surface area contributed by atoms with Crippen molar-refractivity contribution in [3.05, 3.63) is 24.3 Å². The summed E-state index contributed by atoms with van der Waals surface area (Å²) in [6.07, 6.45) is 4.40. The lowest BCUT2D eigenvalue weighted by atomic mass is 9.84. The molecule has 1 aromatic rings. The van der Waals surface area contributed by atoms with Gasteiger partial charge in [-0.2, -0.15) is 0 Å². The quantitative estimate of drug-likeness (QED) is 0.785. The summed E-state index contributed by atoms with van der Waals surface area (Å²) in [7, 11) is 0. The molecule has 5 heteroatoms. The average molecular weight is 319 g/mol. The highest BCUT2D eigenvalue weighted by molar-refractivity contribution is 5.85. The van der Waals surface area contributed by atoms with Crippen molar-refractivity contribution in [2.24, 2.45) is 11.7 Å². The van der Waals surface area contributed by atoms with Crippen LogP contribution in [0.25, 0.3) is 0 Å². The van der Waals surface area contributed by atoms with Gasteiger partial charge in [-0.05, 0) is 64.3 Å². The molecule has 5 nitrogen and oxygen atoms in total. The lowest BCUT2D eigenvalue weighted by Crippen LogP contribution is -2.36. The number of anilines is 2. The van der Waals surface area contributed by atoms with Crippen LogP contribution >= 0.6 is 0 Å². The van der Waals surface area contributed by atoms with Crippen molar-refractivity contribution >= 4 is 17.5 Å². The Bertz CT molecular complexity index is 525. The summed E-state index contributed by atoms with van der Waals surface area (Å²) in [5.41, 5.74) is 7.11. The van der Waals surface area contributed by atoms with E-state index in [0.717, 1.165) is 17.8 Å². The van der Waals surface area contributed by atoms with Crippen LogP contribution in [0.2, 0.25) is 0 Å². The summed E-state index contributed by atoms with van der Waals surface area (Å²) in [5, 5.41) is 6.35. The van der Waals surface area contributed by atoms with Gasteiger partial charge in [0.05, 0.1) is 0 Å². The van der Waals surface area contributed by atoms with Gasteiger partial charge in [-0.3, -0.25) is 5.32 Å². The van der Waals surface area contributed by atoms with Crippen LogP contribution in [-0.4, -0.2) is 24.3 Å². The van der Waals surface area contributed by atoms with Gasteiger partial charge in [0.1, 0.15) is 5.60 Å². The number of benzene rings is 1. The molecule has 0 bridgehead atoms. The molecule has 0 saturated heterocycles. The number of nitrogens with one attached hydrogen (secondary N) is 2. The Morgan fingerprint density at radius 3 is 2.65 bits per heavy atom. The molecule has 1 aliphatic rings. The number of hydrogen-bond donors (Lipinski definition) is 3. The smallest absolute Gasteiger partial charge is 0.412 e. The lowest BCUT2D eigenvalue weighted by Gasteiger charge is -2.32. The number of ether oxygens (including phenoxy) is 1. The normalized spacial score (nSPS) is 21.6. The highest BCUT2D eigenvalue weighted by Gasteiger charge is 2.23. The third-order valence-corrected chi connectivity index (χ3v) is 4.07. The molecule has 0 aromatic heterocycles. The molecule has 1 aliphatic carbocycles. The molecule has 128 valence electrons. The summed E-state index contributed by atoms with van der Waals surface area (Å²) in [5.74, 6) is 0.520. The fourth-order valence-corrected chi connectivity index (χ4v) is 3.00. The standard InChI is InChI=1S/C18H29N3O2/c1-18(2,3)23-17(22)21-15-9-6-8-14(11-15)20-16-10-5-4-7-13(16)12-19/h6,8-9,11,13,16,20H,4-5,7,10,12,19H2,1-3H3,(H,21,22). The van der Waals surface area contributed by atoms with Crippen molar-refractivity contribution in [2.45, 2.75) is 58.1 Å². The van der Waals surface area contributed by atoms with E-state index in [1.807, 2.05) is 45.0 Å². The third kappa shape index (κ3) is 5.75. The van der Waals surface area contributed by atoms with Crippen molar-refractivity contribution in [1.29, 1.82) is 0 Å². The molecular weight excluding hydrogens is 290 g/mol. The summed E-state index contributed by atoms with van der Waals surface area (Å²) < 4.78 is 5.28. The molecular formula is C18H29N3O2. The van der Waals surface area contributed by atoms with Gasteiger partial charge < -0.3 is 15.8 Å². The molecule has 1 fully saturated rings. The van der Waals surface area contributed by atoms with Crippen LogP contribution in [-0.2, 0) is 4.74 Å². The summed E-state index contributed by atoms with van der Waals surface area (Å²) >= 11 is 0. The molecule has 2 atom stereocenters. The minimum absolute atomic E-state index is 0.408. The minimum Gasteiger partial charge on any atom is -0.444 e. The fourth-order valence-electron chi connectivity index (χ4n) is 3.00. The summed E-state index contributed by atoms with van der Waals surface area (Å²) in [6, 6.07) is 8.14. The van der Waals surface area contributed by atoms with Gasteiger partial charge in [0.25, 0.3) is 0 Å². The van der Waals surface area contributed by atoms with Crippen LogP contribution in [0.1, 0.15) is 46.5 Å². The number of nitrogens with two attached hydrogens (primary N) is 1. The Morgan fingerprint density at radius 2 is 1.96 bits per heavy atom. The highest BCUT2D eigenvalue weighted by atomic mass is 16.6. The first-order valence-corrected chi connectivity index (χ1v) is 8.44. The van der Waals surface area contributed by atoms with Gasteiger partial charge in [0, 0.05) is 17.4 Å². The van der Waals surface area contributed by atoms with Crippen molar-refractivity contribution in [3.63, 3.8) is 0 Å². The second-order valence-electron chi connectivity index (χ2n) is 7.24. The van der Waals surface area contributed by atoms with E-state index in [1.165, 1.54) is 19.3 Å². The Labute approximate surface area is 139 Å². The first-order chi connectivity index (χ1) is 10.9. The zero-order valence-electron chi connectivity index (χ0n) is 14.4. The van der Waals surface area contributed by atoms with Gasteiger partial charge >= 0.3 is 6.09 Å². The van der Waals surface area contributed by atoms with E-state index in [4.69, 9.17) is 10.5 Å². The second-order valence-corrected chi connectivity index (χ2v) is 7.24. The van der Waals surface area contributed by atoms with Gasteiger partial charge in [-0.25, -0.2) is 4.79 Å². The predicted molar refractivity (Wildman–Crippen MR) is 94.7 cm³/mol. The largest absolute Gasteiger partial charge is 0.444 e. The van der Waals surface area contributed by atoms with Crippen LogP contribution in [0.15, 0.2) is 24.3 Å². The zero-order valence-corrected chi connectivity index (χ0v) is 14.4. The number of carbonyl (C=O) groups is 1. The van der Waals surface area contributed by atoms with Crippen molar-refractivity contribution in [3.8, 4) is 0 Å². The first-order valence-electron chi connectivity index (χ1n) is 8.44. The van der Waals surface area contributed by atoms with E-state index >= 15 is 0 Å². The van der Waals surface area contributed by atoms with Crippen LogP contribution in [0.3, 0.4) is 0 Å². The molecule has 2 rings (SSSR count). The fraction of sp³-hybridized carbons (Fsp3) is 0.611. The van der Waals surface area contributed by atoms with Crippen molar-refractivity contribution in [2.75, 3.05) is 17.2 Å². The van der Waals surface area contributed by atoms with Gasteiger partial charge in [-0.1, -0.05) is 18.9 Å². The van der Waals surface area contributed by atoms with Crippen LogP contribution < -0.4 is 16.4 Å². The first kappa shape index (κ1) is 17.6. The third-order valence-electron chi connectivity index (χ3n) is 4.07. The summed E-state index contributed by atoms with van der Waals surface area (Å²) in [6.45, 7) is 6.26. The van der Waals surface area contributed by atoms with Gasteiger partial charge in [0.15, 0.2) is 0 Å². The molecule has 0 spiro atoms. The molecule has 23 heavy (non-hydrogen) atoms. The average Bonchev–Trinajstić information content (AvgIpc) is 2.46. The monoisotopic (exact) mass is 319 g/mol. The number of amides is 1. The molecule has 0 heterocycles. The maximum absolute atomic E-state index is 11.9. The highest BCUT2D eigenvalue weighted by Crippen LogP contribution is 2.27. The molecule has 1 amide bonds. The van der Waals surface area contributed by atoms with E-state index in [0.29, 0.717) is 18.5 Å². The van der Waals surface area contributed by atoms with E-state index in [-0.39, 0.29) is 0 Å². The molecule has 4 N–H and O–H groups in total. The molecule has 1 aromatic carbocycles. The minimum atomic E-state index is -0.504. The maximum atomic E-state index is 11.9. The van der Waals surface area contributed by atoms with Crippen LogP contribution in [0.5, 0.6) is 0 Å². The van der Waals surface area contributed by atoms with E-state index in [1.54, 1.807) is 0 Å². The number of carbonyl (C=O) groups excluding carboxylic acids is 1. The molecule has 2 unspecified atom stereocenters. The Balaban J connectivity index is 1.98. The van der Waals surface area contributed by atoms with E-state index < -0.39 is 11.7 Å². The summed E-state index contributed by atoms with van der Waals surface area (Å²) in [4.78, 5) is 11.9. The predicted octanol–water partition coefficient (Wildman–Crippen LogP) is 3.96. The molecule has 1 saturated carbocycles. The molecule has 0 radical (unpaired) electrons. The SMILES string of the molecule is CC(C)(C)OC(=O)Nc1cccc(NC2CCCCC2CN)c1. The molecule has 0 aliphatic heterocycles. The van der Waals surface area contributed by atoms with E-state index in [9.17, 15) is 4.79 Å². The number of rotatable bonds is 4. The Hall–Kier alpha value is -1.75. The van der Waals surface area contributed by atoms with Gasteiger partial charge in [0.2, 0.25) is 0 Å². The maximum Gasteiger partial charge on any atom is 0.412 e. The van der Waals surface area contributed by atoms with Crippen molar-refractivity contribution < 1.29 is 9.53 Å². The zero-order chi connectivity index (χ0) is 16.9. The van der Waals surface area contributed by atoms with Crippen LogP contribution in [0.4, 0.5) is 16.2 Å². The Morgan fingerprint density at radius 1 is 1.26 bits per heavy atom. The van der Waals surface area contributed by atoms with E-state index in [2.05, 4.69) is 10.6 Å². The number of hydrogen-bond acceptors (Lipinski definition) is 4. The second kappa shape index (κ2) is 7.68. The lowest BCUT2D eigenvalue weighted by molar-refractivity contribution is 0.0636. The van der Waals surface area contributed by atoms with Gasteiger partial charge in [-0.15, -0.1) is 0 Å².